The maximum Gasteiger partial charge on any atom is 0.274 e. The van der Waals surface area contributed by atoms with Crippen molar-refractivity contribution in [3.05, 3.63) is 53.9 Å². The lowest BCUT2D eigenvalue weighted by atomic mass is 10.2. The molecule has 0 saturated carbocycles. The van der Waals surface area contributed by atoms with Crippen LogP contribution in [0.15, 0.2) is 47.5 Å². The third kappa shape index (κ3) is 3.34. The Morgan fingerprint density at radius 3 is 2.40 bits per heavy atom. The SMILES string of the molecule is Cc1cccnc1C(=O)Nc1ccc(S(=O)(=O)Cl)cc1. The summed E-state index contributed by atoms with van der Waals surface area (Å²) in [7, 11) is 1.45. The van der Waals surface area contributed by atoms with Gasteiger partial charge in [-0.25, -0.2) is 8.42 Å². The van der Waals surface area contributed by atoms with Crippen molar-refractivity contribution in [2.24, 2.45) is 0 Å². The Morgan fingerprint density at radius 2 is 1.85 bits per heavy atom. The van der Waals surface area contributed by atoms with Gasteiger partial charge >= 0.3 is 0 Å². The van der Waals surface area contributed by atoms with Crippen molar-refractivity contribution in [1.82, 2.24) is 4.98 Å². The van der Waals surface area contributed by atoms with Gasteiger partial charge in [-0.2, -0.15) is 0 Å². The van der Waals surface area contributed by atoms with Crippen LogP contribution in [0.4, 0.5) is 5.69 Å². The Balaban J connectivity index is 2.19. The largest absolute Gasteiger partial charge is 0.321 e. The van der Waals surface area contributed by atoms with Crippen LogP contribution in [0.5, 0.6) is 0 Å². The minimum absolute atomic E-state index is 0.0221. The van der Waals surface area contributed by atoms with Crippen LogP contribution in [0.25, 0.3) is 0 Å². The van der Waals surface area contributed by atoms with E-state index in [1.165, 1.54) is 30.5 Å². The molecule has 0 fully saturated rings. The summed E-state index contributed by atoms with van der Waals surface area (Å²) in [5, 5.41) is 2.64. The van der Waals surface area contributed by atoms with Crippen LogP contribution in [-0.2, 0) is 9.05 Å². The second kappa shape index (κ2) is 5.60. The normalized spacial score (nSPS) is 11.1. The maximum absolute atomic E-state index is 12.0. The van der Waals surface area contributed by atoms with Crippen molar-refractivity contribution in [2.45, 2.75) is 11.8 Å². The molecule has 0 spiro atoms. The summed E-state index contributed by atoms with van der Waals surface area (Å²) in [5.41, 5.74) is 1.54. The van der Waals surface area contributed by atoms with Gasteiger partial charge in [-0.05, 0) is 42.8 Å². The smallest absolute Gasteiger partial charge is 0.274 e. The highest BCUT2D eigenvalue weighted by Gasteiger charge is 2.12. The number of anilines is 1. The summed E-state index contributed by atoms with van der Waals surface area (Å²) in [6.45, 7) is 1.78. The van der Waals surface area contributed by atoms with E-state index >= 15 is 0 Å². The van der Waals surface area contributed by atoms with Crippen LogP contribution < -0.4 is 5.32 Å². The summed E-state index contributed by atoms with van der Waals surface area (Å²) in [6, 6.07) is 9.10. The van der Waals surface area contributed by atoms with E-state index in [4.69, 9.17) is 10.7 Å². The van der Waals surface area contributed by atoms with Gasteiger partial charge in [0.05, 0.1) is 4.90 Å². The molecule has 0 radical (unpaired) electrons. The van der Waals surface area contributed by atoms with Crippen LogP contribution >= 0.6 is 10.7 Å². The quantitative estimate of drug-likeness (QED) is 0.884. The second-order valence-corrected chi connectivity index (χ2v) is 6.65. The number of hydrogen-bond donors (Lipinski definition) is 1. The summed E-state index contributed by atoms with van der Waals surface area (Å²) >= 11 is 0. The van der Waals surface area contributed by atoms with Gasteiger partial charge in [-0.3, -0.25) is 9.78 Å². The number of hydrogen-bond acceptors (Lipinski definition) is 4. The van der Waals surface area contributed by atoms with Crippen LogP contribution in [0, 0.1) is 6.92 Å². The molecule has 1 N–H and O–H groups in total. The monoisotopic (exact) mass is 310 g/mol. The Morgan fingerprint density at radius 1 is 1.20 bits per heavy atom. The van der Waals surface area contributed by atoms with Crippen molar-refractivity contribution < 1.29 is 13.2 Å². The van der Waals surface area contributed by atoms with E-state index in [1.54, 1.807) is 19.1 Å². The molecule has 20 heavy (non-hydrogen) atoms. The van der Waals surface area contributed by atoms with Gasteiger partial charge in [0.2, 0.25) is 0 Å². The zero-order valence-electron chi connectivity index (χ0n) is 10.5. The molecular formula is C13H11ClN2O3S. The summed E-state index contributed by atoms with van der Waals surface area (Å²) in [4.78, 5) is 16.0. The lowest BCUT2D eigenvalue weighted by molar-refractivity contribution is 0.102. The van der Waals surface area contributed by atoms with Crippen molar-refractivity contribution in [1.29, 1.82) is 0 Å². The number of rotatable bonds is 3. The first kappa shape index (κ1) is 14.5. The molecule has 2 aromatic rings. The zero-order valence-corrected chi connectivity index (χ0v) is 12.1. The van der Waals surface area contributed by atoms with E-state index < -0.39 is 9.05 Å². The van der Waals surface area contributed by atoms with Gasteiger partial charge in [0, 0.05) is 22.6 Å². The van der Waals surface area contributed by atoms with Gasteiger partial charge in [0.1, 0.15) is 5.69 Å². The molecule has 1 aromatic carbocycles. The number of pyridine rings is 1. The molecule has 1 heterocycles. The molecule has 0 bridgehead atoms. The standard InChI is InChI=1S/C13H11ClN2O3S/c1-9-3-2-8-15-12(9)13(17)16-10-4-6-11(7-5-10)20(14,18)19/h2-8H,1H3,(H,16,17). The average Bonchev–Trinajstić information content (AvgIpc) is 2.38. The van der Waals surface area contributed by atoms with E-state index in [0.29, 0.717) is 11.4 Å². The fourth-order valence-corrected chi connectivity index (χ4v) is 2.38. The predicted octanol–water partition coefficient (Wildman–Crippen LogP) is 2.57. The van der Waals surface area contributed by atoms with Crippen molar-refractivity contribution in [3.63, 3.8) is 0 Å². The third-order valence-corrected chi connectivity index (χ3v) is 3.99. The van der Waals surface area contributed by atoms with E-state index in [0.717, 1.165) is 5.56 Å². The van der Waals surface area contributed by atoms with Crippen molar-refractivity contribution in [3.8, 4) is 0 Å². The molecule has 7 heteroatoms. The number of amides is 1. The number of nitrogens with zero attached hydrogens (tertiary/aromatic N) is 1. The number of halogens is 1. The third-order valence-electron chi connectivity index (χ3n) is 2.62. The summed E-state index contributed by atoms with van der Waals surface area (Å²) in [6.07, 6.45) is 1.53. The fourth-order valence-electron chi connectivity index (χ4n) is 1.61. The van der Waals surface area contributed by atoms with Gasteiger partial charge < -0.3 is 5.32 Å². The first-order valence-corrected chi connectivity index (χ1v) is 7.96. The highest BCUT2D eigenvalue weighted by atomic mass is 35.7. The lowest BCUT2D eigenvalue weighted by Gasteiger charge is -2.06. The summed E-state index contributed by atoms with van der Waals surface area (Å²) < 4.78 is 22.2. The van der Waals surface area contributed by atoms with E-state index in [1.807, 2.05) is 0 Å². The van der Waals surface area contributed by atoms with Gasteiger partial charge in [0.25, 0.3) is 15.0 Å². The molecule has 0 aliphatic rings. The van der Waals surface area contributed by atoms with E-state index in [-0.39, 0.29) is 10.8 Å². The Bertz CT molecular complexity index is 742. The number of benzene rings is 1. The van der Waals surface area contributed by atoms with Crippen LogP contribution in [-0.4, -0.2) is 19.3 Å². The van der Waals surface area contributed by atoms with Crippen LogP contribution in [0.1, 0.15) is 16.1 Å². The van der Waals surface area contributed by atoms with Crippen molar-refractivity contribution >= 4 is 31.3 Å². The zero-order chi connectivity index (χ0) is 14.8. The molecule has 2 rings (SSSR count). The summed E-state index contributed by atoms with van der Waals surface area (Å²) in [5.74, 6) is -0.357. The van der Waals surface area contributed by atoms with Crippen molar-refractivity contribution in [2.75, 3.05) is 5.32 Å². The maximum atomic E-state index is 12.0. The number of aromatic nitrogens is 1. The Hall–Kier alpha value is -1.92. The topological polar surface area (TPSA) is 76.1 Å². The van der Waals surface area contributed by atoms with Gasteiger partial charge in [0.15, 0.2) is 0 Å². The fraction of sp³-hybridized carbons (Fsp3) is 0.0769. The molecular weight excluding hydrogens is 300 g/mol. The molecule has 0 aliphatic heterocycles. The second-order valence-electron chi connectivity index (χ2n) is 4.09. The highest BCUT2D eigenvalue weighted by Crippen LogP contribution is 2.18. The van der Waals surface area contributed by atoms with Gasteiger partial charge in [-0.1, -0.05) is 6.07 Å². The van der Waals surface area contributed by atoms with Gasteiger partial charge in [-0.15, -0.1) is 0 Å². The predicted molar refractivity (Wildman–Crippen MR) is 76.4 cm³/mol. The number of aryl methyl sites for hydroxylation is 1. The van der Waals surface area contributed by atoms with Crippen LogP contribution in [0.3, 0.4) is 0 Å². The molecule has 0 saturated heterocycles. The lowest BCUT2D eigenvalue weighted by Crippen LogP contribution is -2.15. The average molecular weight is 311 g/mol. The first-order valence-electron chi connectivity index (χ1n) is 5.65. The number of carbonyl (C=O) groups is 1. The minimum Gasteiger partial charge on any atom is -0.321 e. The molecule has 0 unspecified atom stereocenters. The Kier molecular flexibility index (Phi) is 4.06. The molecule has 1 amide bonds. The molecule has 104 valence electrons. The van der Waals surface area contributed by atoms with E-state index in [9.17, 15) is 13.2 Å². The molecule has 1 aromatic heterocycles. The number of carbonyl (C=O) groups excluding carboxylic acids is 1. The Labute approximate surface area is 121 Å². The minimum atomic E-state index is -3.76. The molecule has 0 atom stereocenters. The molecule has 5 nitrogen and oxygen atoms in total. The number of nitrogens with one attached hydrogen (secondary N) is 1. The van der Waals surface area contributed by atoms with E-state index in [2.05, 4.69) is 10.3 Å². The van der Waals surface area contributed by atoms with Crippen LogP contribution in [0.2, 0.25) is 0 Å². The highest BCUT2D eigenvalue weighted by molar-refractivity contribution is 8.13. The first-order chi connectivity index (χ1) is 9.38. The molecule has 0 aliphatic carbocycles.